The minimum Gasteiger partial charge on any atom is -0.379 e. The number of hydrogen-bond donors (Lipinski definition) is 1. The van der Waals surface area contributed by atoms with Crippen LogP contribution in [0.25, 0.3) is 0 Å². The van der Waals surface area contributed by atoms with Crippen LogP contribution in [-0.2, 0) is 27.6 Å². The van der Waals surface area contributed by atoms with Crippen molar-refractivity contribution in [2.45, 2.75) is 24.2 Å². The molecule has 1 aliphatic carbocycles. The summed E-state index contributed by atoms with van der Waals surface area (Å²) in [6.45, 7) is 0.847. The van der Waals surface area contributed by atoms with E-state index in [-0.39, 0.29) is 31.9 Å². The molecule has 0 atom stereocenters. The maximum absolute atomic E-state index is 14.3. The third-order valence-electron chi connectivity index (χ3n) is 5.14. The van der Waals surface area contributed by atoms with Gasteiger partial charge < -0.3 is 10.1 Å². The molecular weight excluding hydrogens is 383 g/mol. The molecule has 2 aliphatic rings. The number of nitrogens with zero attached hydrogens (tertiary/aromatic N) is 1. The molecule has 1 heterocycles. The number of amides is 1. The van der Waals surface area contributed by atoms with Gasteiger partial charge in [-0.15, -0.1) is 0 Å². The summed E-state index contributed by atoms with van der Waals surface area (Å²) in [7, 11) is -4.03. The minimum absolute atomic E-state index is 0.0914. The highest BCUT2D eigenvalue weighted by Crippen LogP contribution is 2.26. The lowest BCUT2D eigenvalue weighted by molar-refractivity contribution is 0.0729. The van der Waals surface area contributed by atoms with Crippen molar-refractivity contribution in [3.05, 3.63) is 58.9 Å². The Morgan fingerprint density at radius 3 is 2.57 bits per heavy atom. The minimum atomic E-state index is -4.03. The number of anilines is 1. The Hall–Kier alpha value is -2.29. The number of sulfonamides is 1. The topological polar surface area (TPSA) is 75.7 Å². The van der Waals surface area contributed by atoms with Gasteiger partial charge in [0.05, 0.1) is 13.2 Å². The number of fused-ring (bicyclic) bond motifs is 1. The third kappa shape index (κ3) is 3.67. The summed E-state index contributed by atoms with van der Waals surface area (Å²) in [4.78, 5) is 12.1. The van der Waals surface area contributed by atoms with Gasteiger partial charge in [0.1, 0.15) is 10.7 Å². The molecular formula is C20H21FN2O4S. The van der Waals surface area contributed by atoms with Crippen LogP contribution in [0.2, 0.25) is 0 Å². The first-order chi connectivity index (χ1) is 13.4. The van der Waals surface area contributed by atoms with Crippen LogP contribution < -0.4 is 5.32 Å². The zero-order valence-electron chi connectivity index (χ0n) is 15.3. The van der Waals surface area contributed by atoms with Crippen molar-refractivity contribution >= 4 is 21.6 Å². The van der Waals surface area contributed by atoms with Crippen LogP contribution in [0.3, 0.4) is 0 Å². The van der Waals surface area contributed by atoms with Crippen molar-refractivity contribution < 1.29 is 22.3 Å². The van der Waals surface area contributed by atoms with Crippen molar-refractivity contribution in [1.29, 1.82) is 0 Å². The molecule has 0 spiro atoms. The summed E-state index contributed by atoms with van der Waals surface area (Å²) < 4.78 is 46.2. The van der Waals surface area contributed by atoms with Crippen LogP contribution in [0.5, 0.6) is 0 Å². The Labute approximate surface area is 163 Å². The van der Waals surface area contributed by atoms with Gasteiger partial charge in [-0.3, -0.25) is 4.79 Å². The van der Waals surface area contributed by atoms with Gasteiger partial charge in [0, 0.05) is 24.3 Å². The normalized spacial score (nSPS) is 17.3. The van der Waals surface area contributed by atoms with Gasteiger partial charge in [0.15, 0.2) is 0 Å². The quantitative estimate of drug-likeness (QED) is 0.850. The van der Waals surface area contributed by atoms with Crippen molar-refractivity contribution in [2.75, 3.05) is 31.6 Å². The van der Waals surface area contributed by atoms with E-state index in [1.165, 1.54) is 21.5 Å². The highest BCUT2D eigenvalue weighted by atomic mass is 32.2. The Bertz CT molecular complexity index is 1020. The number of carbonyl (C=O) groups is 1. The average molecular weight is 404 g/mol. The number of carbonyl (C=O) groups excluding carboxylic acids is 1. The zero-order chi connectivity index (χ0) is 19.7. The van der Waals surface area contributed by atoms with Crippen LogP contribution in [0.4, 0.5) is 10.1 Å². The van der Waals surface area contributed by atoms with E-state index in [0.717, 1.165) is 31.4 Å². The summed E-state index contributed by atoms with van der Waals surface area (Å²) in [6, 6.07) is 9.17. The molecule has 1 saturated heterocycles. The zero-order valence-corrected chi connectivity index (χ0v) is 16.1. The molecule has 0 saturated carbocycles. The number of nitrogens with one attached hydrogen (secondary N) is 1. The van der Waals surface area contributed by atoms with E-state index in [1.807, 2.05) is 18.2 Å². The number of aryl methyl sites for hydroxylation is 2. The number of morpholine rings is 1. The highest BCUT2D eigenvalue weighted by Gasteiger charge is 2.29. The first-order valence-electron chi connectivity index (χ1n) is 9.26. The van der Waals surface area contributed by atoms with Gasteiger partial charge in [-0.25, -0.2) is 12.8 Å². The van der Waals surface area contributed by atoms with Gasteiger partial charge in [-0.1, -0.05) is 6.07 Å². The SMILES string of the molecule is O=C(Nc1ccc2c(c1)CCC2)c1ccc(F)c(S(=O)(=O)N2CCOCC2)c1. The molecule has 1 amide bonds. The average Bonchev–Trinajstić information content (AvgIpc) is 3.16. The fourth-order valence-electron chi connectivity index (χ4n) is 3.62. The second-order valence-electron chi connectivity index (χ2n) is 6.95. The van der Waals surface area contributed by atoms with Crippen LogP contribution >= 0.6 is 0 Å². The largest absolute Gasteiger partial charge is 0.379 e. The Kier molecular flexibility index (Phi) is 5.18. The van der Waals surface area contributed by atoms with E-state index in [4.69, 9.17) is 4.74 Å². The molecule has 6 nitrogen and oxygen atoms in total. The van der Waals surface area contributed by atoms with Crippen LogP contribution in [-0.4, -0.2) is 44.9 Å². The number of halogens is 1. The molecule has 2 aromatic carbocycles. The smallest absolute Gasteiger partial charge is 0.255 e. The number of ether oxygens (including phenoxy) is 1. The van der Waals surface area contributed by atoms with Crippen LogP contribution in [0.15, 0.2) is 41.3 Å². The lowest BCUT2D eigenvalue weighted by atomic mass is 10.1. The summed E-state index contributed by atoms with van der Waals surface area (Å²) in [5.41, 5.74) is 3.24. The molecule has 4 rings (SSSR count). The van der Waals surface area contributed by atoms with E-state index in [2.05, 4.69) is 5.32 Å². The van der Waals surface area contributed by atoms with Gasteiger partial charge >= 0.3 is 0 Å². The molecule has 0 bridgehead atoms. The Morgan fingerprint density at radius 1 is 1.04 bits per heavy atom. The monoisotopic (exact) mass is 404 g/mol. The summed E-state index contributed by atoms with van der Waals surface area (Å²) in [6.07, 6.45) is 3.13. The van der Waals surface area contributed by atoms with E-state index >= 15 is 0 Å². The van der Waals surface area contributed by atoms with Crippen molar-refractivity contribution in [3.63, 3.8) is 0 Å². The van der Waals surface area contributed by atoms with Gasteiger partial charge in [-0.2, -0.15) is 4.31 Å². The van der Waals surface area contributed by atoms with Crippen molar-refractivity contribution in [3.8, 4) is 0 Å². The summed E-state index contributed by atoms with van der Waals surface area (Å²) in [5.74, 6) is -1.35. The second-order valence-corrected chi connectivity index (χ2v) is 8.86. The molecule has 2 aromatic rings. The number of hydrogen-bond acceptors (Lipinski definition) is 4. The van der Waals surface area contributed by atoms with E-state index in [1.54, 1.807) is 0 Å². The molecule has 0 unspecified atom stereocenters. The predicted octanol–water partition coefficient (Wildman–Crippen LogP) is 2.59. The fraction of sp³-hybridized carbons (Fsp3) is 0.350. The van der Waals surface area contributed by atoms with Crippen LogP contribution in [0.1, 0.15) is 27.9 Å². The standard InChI is InChI=1S/C20H21FN2O4S/c21-18-7-5-16(13-19(18)28(25,26)23-8-10-27-11-9-23)20(24)22-17-6-4-14-2-1-3-15(14)12-17/h4-7,12-13H,1-3,8-11H2,(H,22,24). The van der Waals surface area contributed by atoms with Gasteiger partial charge in [0.2, 0.25) is 10.0 Å². The molecule has 1 N–H and O–H groups in total. The van der Waals surface area contributed by atoms with E-state index in [0.29, 0.717) is 5.69 Å². The van der Waals surface area contributed by atoms with Gasteiger partial charge in [-0.05, 0) is 60.7 Å². The van der Waals surface area contributed by atoms with E-state index in [9.17, 15) is 17.6 Å². The first kappa shape index (κ1) is 19.0. The summed E-state index contributed by atoms with van der Waals surface area (Å²) in [5, 5.41) is 2.78. The molecule has 0 radical (unpaired) electrons. The van der Waals surface area contributed by atoms with Crippen molar-refractivity contribution in [2.24, 2.45) is 0 Å². The maximum Gasteiger partial charge on any atom is 0.255 e. The first-order valence-corrected chi connectivity index (χ1v) is 10.7. The highest BCUT2D eigenvalue weighted by molar-refractivity contribution is 7.89. The lowest BCUT2D eigenvalue weighted by Gasteiger charge is -2.26. The maximum atomic E-state index is 14.3. The van der Waals surface area contributed by atoms with Crippen LogP contribution in [0, 0.1) is 5.82 Å². The molecule has 148 valence electrons. The van der Waals surface area contributed by atoms with Gasteiger partial charge in [0.25, 0.3) is 5.91 Å². The molecule has 0 aromatic heterocycles. The lowest BCUT2D eigenvalue weighted by Crippen LogP contribution is -2.41. The molecule has 8 heteroatoms. The molecule has 1 aliphatic heterocycles. The number of benzene rings is 2. The number of rotatable bonds is 4. The molecule has 28 heavy (non-hydrogen) atoms. The Morgan fingerprint density at radius 2 is 1.79 bits per heavy atom. The summed E-state index contributed by atoms with van der Waals surface area (Å²) >= 11 is 0. The third-order valence-corrected chi connectivity index (χ3v) is 7.05. The Balaban J connectivity index is 1.58. The molecule has 1 fully saturated rings. The fourth-order valence-corrected chi connectivity index (χ4v) is 5.12. The van der Waals surface area contributed by atoms with Crippen molar-refractivity contribution in [1.82, 2.24) is 4.31 Å². The van der Waals surface area contributed by atoms with E-state index < -0.39 is 26.6 Å². The second kappa shape index (κ2) is 7.62. The predicted molar refractivity (Wildman–Crippen MR) is 102 cm³/mol.